The maximum atomic E-state index is 12.7. The van der Waals surface area contributed by atoms with Gasteiger partial charge in [0.1, 0.15) is 24.3 Å². The SMILES string of the molecule is O=C1OC(Cc2ccc(OCc3coc(C=Cc4ccccc4)n3)cc2)C(=O)N1CCN1CCOCC1. The van der Waals surface area contributed by atoms with Crippen LogP contribution in [0.25, 0.3) is 12.2 Å². The molecular weight excluding hydrogens is 474 g/mol. The van der Waals surface area contributed by atoms with Crippen molar-refractivity contribution in [3.05, 3.63) is 83.6 Å². The largest absolute Gasteiger partial charge is 0.487 e. The standard InChI is InChI=1S/C28H29N3O6/c32-27-25(37-28(33)31(27)13-12-30-14-16-34-17-15-30)18-22-6-9-24(10-7-22)35-19-23-20-36-26(29-23)11-8-21-4-2-1-3-5-21/h1-11,20,25H,12-19H2. The topological polar surface area (TPSA) is 94.3 Å². The van der Waals surface area contributed by atoms with Crippen molar-refractivity contribution in [1.82, 2.24) is 14.8 Å². The number of morpholine rings is 1. The van der Waals surface area contributed by atoms with E-state index in [4.69, 9.17) is 18.6 Å². The molecule has 2 aliphatic rings. The first kappa shape index (κ1) is 24.7. The monoisotopic (exact) mass is 503 g/mol. The molecule has 2 aliphatic heterocycles. The minimum absolute atomic E-state index is 0.263. The number of rotatable bonds is 10. The summed E-state index contributed by atoms with van der Waals surface area (Å²) in [5.41, 5.74) is 2.62. The van der Waals surface area contributed by atoms with E-state index in [9.17, 15) is 9.59 Å². The lowest BCUT2D eigenvalue weighted by atomic mass is 10.1. The summed E-state index contributed by atoms with van der Waals surface area (Å²) in [5.74, 6) is 0.879. The van der Waals surface area contributed by atoms with Crippen molar-refractivity contribution in [3.63, 3.8) is 0 Å². The van der Waals surface area contributed by atoms with Gasteiger partial charge in [0.2, 0.25) is 5.89 Å². The maximum Gasteiger partial charge on any atom is 0.417 e. The highest BCUT2D eigenvalue weighted by Crippen LogP contribution is 2.20. The van der Waals surface area contributed by atoms with Gasteiger partial charge in [-0.05, 0) is 29.3 Å². The molecule has 1 atom stereocenters. The van der Waals surface area contributed by atoms with Crippen LogP contribution in [-0.2, 0) is 27.3 Å². The summed E-state index contributed by atoms with van der Waals surface area (Å²) < 4.78 is 22.0. The molecule has 2 aromatic carbocycles. The van der Waals surface area contributed by atoms with Crippen molar-refractivity contribution in [2.75, 3.05) is 39.4 Å². The number of nitrogens with zero attached hydrogens (tertiary/aromatic N) is 3. The van der Waals surface area contributed by atoms with Gasteiger partial charge in [-0.1, -0.05) is 42.5 Å². The molecule has 0 spiro atoms. The van der Waals surface area contributed by atoms with Gasteiger partial charge in [0.25, 0.3) is 5.91 Å². The number of ether oxygens (including phenoxy) is 3. The number of hydrogen-bond donors (Lipinski definition) is 0. The van der Waals surface area contributed by atoms with Crippen molar-refractivity contribution < 1.29 is 28.2 Å². The molecule has 37 heavy (non-hydrogen) atoms. The van der Waals surface area contributed by atoms with E-state index in [-0.39, 0.29) is 12.5 Å². The second-order valence-corrected chi connectivity index (χ2v) is 8.87. The summed E-state index contributed by atoms with van der Waals surface area (Å²) in [7, 11) is 0. The first-order chi connectivity index (χ1) is 18.1. The number of imide groups is 1. The van der Waals surface area contributed by atoms with E-state index in [1.807, 2.05) is 66.7 Å². The third-order valence-corrected chi connectivity index (χ3v) is 6.27. The third-order valence-electron chi connectivity index (χ3n) is 6.27. The van der Waals surface area contributed by atoms with E-state index >= 15 is 0 Å². The Morgan fingerprint density at radius 1 is 0.973 bits per heavy atom. The van der Waals surface area contributed by atoms with Crippen LogP contribution in [0.2, 0.25) is 0 Å². The Labute approximate surface area is 215 Å². The summed E-state index contributed by atoms with van der Waals surface area (Å²) in [4.78, 5) is 32.8. The van der Waals surface area contributed by atoms with E-state index in [1.165, 1.54) is 4.90 Å². The van der Waals surface area contributed by atoms with Crippen LogP contribution >= 0.6 is 0 Å². The van der Waals surface area contributed by atoms with Gasteiger partial charge in [-0.2, -0.15) is 0 Å². The maximum absolute atomic E-state index is 12.7. The van der Waals surface area contributed by atoms with E-state index in [2.05, 4.69) is 9.88 Å². The Bertz CT molecular complexity index is 1220. The van der Waals surface area contributed by atoms with Gasteiger partial charge < -0.3 is 18.6 Å². The highest BCUT2D eigenvalue weighted by atomic mass is 16.6. The number of oxazole rings is 1. The molecule has 9 heteroatoms. The minimum Gasteiger partial charge on any atom is -0.487 e. The average Bonchev–Trinajstić information content (AvgIpc) is 3.50. The number of cyclic esters (lactones) is 1. The van der Waals surface area contributed by atoms with Gasteiger partial charge >= 0.3 is 6.09 Å². The lowest BCUT2D eigenvalue weighted by molar-refractivity contribution is -0.129. The van der Waals surface area contributed by atoms with Gasteiger partial charge in [-0.25, -0.2) is 14.7 Å². The number of aromatic nitrogens is 1. The van der Waals surface area contributed by atoms with Crippen LogP contribution in [0, 0.1) is 0 Å². The number of amides is 2. The van der Waals surface area contributed by atoms with Gasteiger partial charge in [0, 0.05) is 38.7 Å². The molecule has 0 aliphatic carbocycles. The molecule has 0 N–H and O–H groups in total. The quantitative estimate of drug-likeness (QED) is 0.414. The van der Waals surface area contributed by atoms with E-state index in [0.29, 0.717) is 50.1 Å². The van der Waals surface area contributed by atoms with Gasteiger partial charge in [0.05, 0.1) is 13.2 Å². The Kier molecular flexibility index (Phi) is 7.93. The van der Waals surface area contributed by atoms with E-state index in [1.54, 1.807) is 6.26 Å². The second kappa shape index (κ2) is 11.9. The lowest BCUT2D eigenvalue weighted by Crippen LogP contribution is -2.43. The van der Waals surface area contributed by atoms with Crippen molar-refractivity contribution in [1.29, 1.82) is 0 Å². The summed E-state index contributed by atoms with van der Waals surface area (Å²) in [6, 6.07) is 17.3. The van der Waals surface area contributed by atoms with Crippen LogP contribution in [0.4, 0.5) is 4.79 Å². The minimum atomic E-state index is -0.804. The molecule has 192 valence electrons. The van der Waals surface area contributed by atoms with Crippen molar-refractivity contribution in [2.45, 2.75) is 19.1 Å². The van der Waals surface area contributed by atoms with Crippen LogP contribution in [0.15, 0.2) is 65.3 Å². The van der Waals surface area contributed by atoms with Crippen molar-refractivity contribution in [3.8, 4) is 5.75 Å². The van der Waals surface area contributed by atoms with Crippen molar-refractivity contribution >= 4 is 24.2 Å². The van der Waals surface area contributed by atoms with Gasteiger partial charge in [-0.15, -0.1) is 0 Å². The number of carbonyl (C=O) groups is 2. The van der Waals surface area contributed by atoms with E-state index in [0.717, 1.165) is 24.2 Å². The summed E-state index contributed by atoms with van der Waals surface area (Å²) in [5, 5.41) is 0. The molecule has 2 saturated heterocycles. The zero-order valence-corrected chi connectivity index (χ0v) is 20.5. The summed E-state index contributed by atoms with van der Waals surface area (Å²) in [6.45, 7) is 4.17. The van der Waals surface area contributed by atoms with Crippen LogP contribution < -0.4 is 4.74 Å². The predicted molar refractivity (Wildman–Crippen MR) is 136 cm³/mol. The molecule has 3 aromatic rings. The molecule has 1 aromatic heterocycles. The first-order valence-corrected chi connectivity index (χ1v) is 12.4. The highest BCUT2D eigenvalue weighted by molar-refractivity contribution is 6.00. The number of hydrogen-bond acceptors (Lipinski definition) is 8. The van der Waals surface area contributed by atoms with E-state index < -0.39 is 12.2 Å². The number of carbonyl (C=O) groups excluding carboxylic acids is 2. The smallest absolute Gasteiger partial charge is 0.417 e. The first-order valence-electron chi connectivity index (χ1n) is 12.4. The molecule has 2 amide bonds. The fourth-order valence-corrected chi connectivity index (χ4v) is 4.19. The molecule has 9 nitrogen and oxygen atoms in total. The Morgan fingerprint density at radius 2 is 1.76 bits per heavy atom. The fraction of sp³-hybridized carbons (Fsp3) is 0.321. The lowest BCUT2D eigenvalue weighted by Gasteiger charge is -2.27. The molecule has 0 radical (unpaired) electrons. The molecular formula is C28H29N3O6. The Balaban J connectivity index is 1.08. The van der Waals surface area contributed by atoms with Crippen LogP contribution in [0.1, 0.15) is 22.7 Å². The normalized spacial score (nSPS) is 18.5. The van der Waals surface area contributed by atoms with Crippen LogP contribution in [0.5, 0.6) is 5.75 Å². The zero-order valence-electron chi connectivity index (χ0n) is 20.5. The molecule has 2 fully saturated rings. The Hall–Kier alpha value is -3.95. The van der Waals surface area contributed by atoms with Crippen LogP contribution in [0.3, 0.4) is 0 Å². The molecule has 0 bridgehead atoms. The molecule has 3 heterocycles. The fourth-order valence-electron chi connectivity index (χ4n) is 4.19. The third kappa shape index (κ3) is 6.63. The predicted octanol–water partition coefficient (Wildman–Crippen LogP) is 3.65. The number of benzene rings is 2. The Morgan fingerprint density at radius 3 is 2.54 bits per heavy atom. The van der Waals surface area contributed by atoms with Gasteiger partial charge in [0.15, 0.2) is 6.10 Å². The molecule has 5 rings (SSSR count). The molecule has 0 saturated carbocycles. The summed E-state index contributed by atoms with van der Waals surface area (Å²) >= 11 is 0. The van der Waals surface area contributed by atoms with Crippen LogP contribution in [-0.4, -0.2) is 72.3 Å². The van der Waals surface area contributed by atoms with Gasteiger partial charge in [-0.3, -0.25) is 9.69 Å². The zero-order chi connectivity index (χ0) is 25.5. The summed E-state index contributed by atoms with van der Waals surface area (Å²) in [6.07, 6.45) is 4.26. The van der Waals surface area contributed by atoms with Crippen molar-refractivity contribution in [2.24, 2.45) is 0 Å². The highest BCUT2D eigenvalue weighted by Gasteiger charge is 2.40. The average molecular weight is 504 g/mol. The molecule has 1 unspecified atom stereocenters. The second-order valence-electron chi connectivity index (χ2n) is 8.87.